The molecule has 1 aromatic carbocycles. The molecule has 0 bridgehead atoms. The maximum atomic E-state index is 11.9. The Labute approximate surface area is 105 Å². The van der Waals surface area contributed by atoms with Crippen LogP contribution in [0.5, 0.6) is 5.75 Å². The standard InChI is InChI=1S/C11H6ClF3O3/c1-17-10(16)5-3-7-2-4-8(6-9(7)12)18-11(13,14)15/h2,4,6H,1H3. The number of methoxy groups -OCH3 is 1. The third-order valence-electron chi connectivity index (χ3n) is 1.66. The molecule has 0 atom stereocenters. The summed E-state index contributed by atoms with van der Waals surface area (Å²) in [6, 6.07) is 3.20. The third-order valence-corrected chi connectivity index (χ3v) is 1.97. The highest BCUT2D eigenvalue weighted by molar-refractivity contribution is 6.31. The van der Waals surface area contributed by atoms with E-state index in [1.54, 1.807) is 0 Å². The predicted octanol–water partition coefficient (Wildman–Crippen LogP) is 2.76. The van der Waals surface area contributed by atoms with Crippen LogP contribution in [0, 0.1) is 11.8 Å². The van der Waals surface area contributed by atoms with Crippen molar-refractivity contribution in [1.29, 1.82) is 0 Å². The van der Waals surface area contributed by atoms with Gasteiger partial charge in [-0.2, -0.15) is 0 Å². The molecule has 0 heterocycles. The van der Waals surface area contributed by atoms with Crippen LogP contribution in [0.25, 0.3) is 0 Å². The number of ether oxygens (including phenoxy) is 2. The van der Waals surface area contributed by atoms with E-state index in [1.807, 2.05) is 0 Å². The molecule has 0 saturated carbocycles. The number of alkyl halides is 3. The summed E-state index contributed by atoms with van der Waals surface area (Å²) in [6.45, 7) is 0. The van der Waals surface area contributed by atoms with Gasteiger partial charge in [-0.1, -0.05) is 17.5 Å². The topological polar surface area (TPSA) is 35.5 Å². The average molecular weight is 279 g/mol. The molecule has 0 fully saturated rings. The van der Waals surface area contributed by atoms with Crippen molar-refractivity contribution in [3.05, 3.63) is 28.8 Å². The Kier molecular flexibility index (Phi) is 4.45. The zero-order valence-corrected chi connectivity index (χ0v) is 9.72. The van der Waals surface area contributed by atoms with E-state index in [9.17, 15) is 18.0 Å². The number of benzene rings is 1. The first-order chi connectivity index (χ1) is 8.31. The summed E-state index contributed by atoms with van der Waals surface area (Å²) >= 11 is 5.68. The first-order valence-corrected chi connectivity index (χ1v) is 4.85. The molecule has 96 valence electrons. The first kappa shape index (κ1) is 14.2. The van der Waals surface area contributed by atoms with Gasteiger partial charge < -0.3 is 9.47 Å². The van der Waals surface area contributed by atoms with Gasteiger partial charge in [0.1, 0.15) is 5.75 Å². The number of hydrogen-bond acceptors (Lipinski definition) is 3. The monoisotopic (exact) mass is 278 g/mol. The molecule has 0 amide bonds. The zero-order chi connectivity index (χ0) is 13.8. The molecule has 0 aliphatic heterocycles. The summed E-state index contributed by atoms with van der Waals surface area (Å²) < 4.78 is 43.7. The van der Waals surface area contributed by atoms with E-state index in [0.717, 1.165) is 19.2 Å². The molecule has 0 N–H and O–H groups in total. The second kappa shape index (κ2) is 5.65. The fourth-order valence-electron chi connectivity index (χ4n) is 0.964. The lowest BCUT2D eigenvalue weighted by Gasteiger charge is -2.09. The molecule has 0 unspecified atom stereocenters. The number of halogens is 4. The van der Waals surface area contributed by atoms with Crippen molar-refractivity contribution in [2.24, 2.45) is 0 Å². The van der Waals surface area contributed by atoms with Gasteiger partial charge in [-0.05, 0) is 12.1 Å². The summed E-state index contributed by atoms with van der Waals surface area (Å²) in [7, 11) is 1.15. The van der Waals surface area contributed by atoms with Crippen LogP contribution >= 0.6 is 11.6 Å². The summed E-state index contributed by atoms with van der Waals surface area (Å²) in [5, 5.41) is -0.0619. The molecule has 0 saturated heterocycles. The Morgan fingerprint density at radius 1 is 1.39 bits per heavy atom. The fraction of sp³-hybridized carbons (Fsp3) is 0.182. The molecular weight excluding hydrogens is 273 g/mol. The summed E-state index contributed by atoms with van der Waals surface area (Å²) in [5.41, 5.74) is 0.191. The summed E-state index contributed by atoms with van der Waals surface area (Å²) in [6.07, 6.45) is -4.79. The molecule has 1 rings (SSSR count). The number of carbonyl (C=O) groups is 1. The van der Waals surface area contributed by atoms with Gasteiger partial charge in [0.15, 0.2) is 0 Å². The van der Waals surface area contributed by atoms with Gasteiger partial charge in [0, 0.05) is 17.6 Å². The lowest BCUT2D eigenvalue weighted by Crippen LogP contribution is -2.17. The van der Waals surface area contributed by atoms with E-state index >= 15 is 0 Å². The van der Waals surface area contributed by atoms with E-state index in [-0.39, 0.29) is 10.6 Å². The minimum absolute atomic E-state index is 0.0619. The van der Waals surface area contributed by atoms with Gasteiger partial charge in [0.05, 0.1) is 12.1 Å². The number of esters is 1. The Morgan fingerprint density at radius 2 is 2.06 bits per heavy atom. The molecule has 7 heteroatoms. The smallest absolute Gasteiger partial charge is 0.459 e. The molecular formula is C11H6ClF3O3. The van der Waals surface area contributed by atoms with Crippen molar-refractivity contribution in [2.45, 2.75) is 6.36 Å². The summed E-state index contributed by atoms with van der Waals surface area (Å²) in [4.78, 5) is 10.7. The molecule has 0 radical (unpaired) electrons. The lowest BCUT2D eigenvalue weighted by atomic mass is 10.2. The van der Waals surface area contributed by atoms with E-state index in [2.05, 4.69) is 21.3 Å². The van der Waals surface area contributed by atoms with E-state index < -0.39 is 18.1 Å². The maximum Gasteiger partial charge on any atom is 0.573 e. The Hall–Kier alpha value is -1.87. The molecule has 0 aromatic heterocycles. The van der Waals surface area contributed by atoms with E-state index in [4.69, 9.17) is 11.6 Å². The third kappa shape index (κ3) is 4.55. The van der Waals surface area contributed by atoms with Crippen LogP contribution in [0.3, 0.4) is 0 Å². The molecule has 3 nitrogen and oxygen atoms in total. The quantitative estimate of drug-likeness (QED) is 0.585. The van der Waals surface area contributed by atoms with Crippen molar-refractivity contribution in [3.8, 4) is 17.6 Å². The van der Waals surface area contributed by atoms with Gasteiger partial charge in [0.25, 0.3) is 0 Å². The number of hydrogen-bond donors (Lipinski definition) is 0. The number of carbonyl (C=O) groups excluding carboxylic acids is 1. The van der Waals surface area contributed by atoms with Crippen LogP contribution in [-0.2, 0) is 9.53 Å². The molecule has 18 heavy (non-hydrogen) atoms. The molecule has 0 aliphatic rings. The first-order valence-electron chi connectivity index (χ1n) is 4.47. The van der Waals surface area contributed by atoms with Gasteiger partial charge in [-0.15, -0.1) is 13.2 Å². The van der Waals surface area contributed by atoms with Gasteiger partial charge >= 0.3 is 12.3 Å². The van der Waals surface area contributed by atoms with Crippen LogP contribution in [0.1, 0.15) is 5.56 Å². The van der Waals surface area contributed by atoms with Crippen LogP contribution in [0.2, 0.25) is 5.02 Å². The molecule has 1 aromatic rings. The van der Waals surface area contributed by atoms with Gasteiger partial charge in [0.2, 0.25) is 0 Å². The van der Waals surface area contributed by atoms with Gasteiger partial charge in [-0.3, -0.25) is 0 Å². The second-order valence-corrected chi connectivity index (χ2v) is 3.34. The highest BCUT2D eigenvalue weighted by atomic mass is 35.5. The van der Waals surface area contributed by atoms with Crippen molar-refractivity contribution in [1.82, 2.24) is 0 Å². The van der Waals surface area contributed by atoms with E-state index in [1.165, 1.54) is 6.07 Å². The summed E-state index contributed by atoms with van der Waals surface area (Å²) in [5.74, 6) is 3.22. The van der Waals surface area contributed by atoms with Gasteiger partial charge in [-0.25, -0.2) is 4.79 Å². The largest absolute Gasteiger partial charge is 0.573 e. The number of rotatable bonds is 1. The zero-order valence-electron chi connectivity index (χ0n) is 8.97. The minimum atomic E-state index is -4.79. The van der Waals surface area contributed by atoms with Crippen molar-refractivity contribution >= 4 is 17.6 Å². The highest BCUT2D eigenvalue weighted by Crippen LogP contribution is 2.27. The van der Waals surface area contributed by atoms with Crippen LogP contribution in [-0.4, -0.2) is 19.4 Å². The maximum absolute atomic E-state index is 11.9. The minimum Gasteiger partial charge on any atom is -0.459 e. The van der Waals surface area contributed by atoms with Crippen molar-refractivity contribution in [2.75, 3.05) is 7.11 Å². The van der Waals surface area contributed by atoms with Crippen molar-refractivity contribution in [3.63, 3.8) is 0 Å². The molecule has 0 spiro atoms. The Morgan fingerprint density at radius 3 is 2.56 bits per heavy atom. The van der Waals surface area contributed by atoms with E-state index in [0.29, 0.717) is 0 Å². The highest BCUT2D eigenvalue weighted by Gasteiger charge is 2.31. The SMILES string of the molecule is COC(=O)C#Cc1ccc(OC(F)(F)F)cc1Cl. The van der Waals surface area contributed by atoms with Crippen molar-refractivity contribution < 1.29 is 27.4 Å². The fourth-order valence-corrected chi connectivity index (χ4v) is 1.18. The van der Waals surface area contributed by atoms with Crippen LogP contribution in [0.4, 0.5) is 13.2 Å². The van der Waals surface area contributed by atoms with Crippen LogP contribution in [0.15, 0.2) is 18.2 Å². The second-order valence-electron chi connectivity index (χ2n) is 2.93. The average Bonchev–Trinajstić information content (AvgIpc) is 2.25. The normalized spacial score (nSPS) is 10.3. The Bertz CT molecular complexity index is 514. The Balaban J connectivity index is 2.92. The molecule has 0 aliphatic carbocycles. The van der Waals surface area contributed by atoms with Crippen LogP contribution < -0.4 is 4.74 Å². The lowest BCUT2D eigenvalue weighted by molar-refractivity contribution is -0.274. The predicted molar refractivity (Wildman–Crippen MR) is 57.0 cm³/mol.